The number of carbonyl (C=O) groups is 1. The van der Waals surface area contributed by atoms with Crippen LogP contribution in [0.15, 0.2) is 60.7 Å². The molecule has 20 heavy (non-hydrogen) atoms. The Kier molecular flexibility index (Phi) is 5.51. The third kappa shape index (κ3) is 4.98. The van der Waals surface area contributed by atoms with Crippen molar-refractivity contribution in [2.24, 2.45) is 0 Å². The quantitative estimate of drug-likeness (QED) is 0.817. The van der Waals surface area contributed by atoms with E-state index in [1.807, 2.05) is 12.1 Å². The summed E-state index contributed by atoms with van der Waals surface area (Å²) >= 11 is 0. The van der Waals surface area contributed by atoms with E-state index in [0.29, 0.717) is 6.42 Å². The summed E-state index contributed by atoms with van der Waals surface area (Å²) < 4.78 is 0. The maximum atomic E-state index is 11.2. The molecule has 0 aliphatic rings. The van der Waals surface area contributed by atoms with Gasteiger partial charge in [0.25, 0.3) is 0 Å². The lowest BCUT2D eigenvalue weighted by Gasteiger charge is -2.19. The maximum absolute atomic E-state index is 11.2. The minimum Gasteiger partial charge on any atom is -0.327 e. The van der Waals surface area contributed by atoms with Crippen molar-refractivity contribution in [1.82, 2.24) is 0 Å². The lowest BCUT2D eigenvalue weighted by atomic mass is 10.1. The summed E-state index contributed by atoms with van der Waals surface area (Å²) in [5.74, 6) is 0.267. The SMILES string of the molecule is CC(=O)CC[NH+](Cc1ccccc1)Cc1ccccc1. The maximum Gasteiger partial charge on any atom is 0.135 e. The monoisotopic (exact) mass is 268 g/mol. The van der Waals surface area contributed by atoms with Crippen molar-refractivity contribution < 1.29 is 9.69 Å². The Hall–Kier alpha value is -1.93. The Morgan fingerprint density at radius 3 is 1.70 bits per heavy atom. The van der Waals surface area contributed by atoms with Gasteiger partial charge in [-0.15, -0.1) is 0 Å². The van der Waals surface area contributed by atoms with E-state index in [0.717, 1.165) is 19.6 Å². The van der Waals surface area contributed by atoms with Gasteiger partial charge in [-0.1, -0.05) is 60.7 Å². The van der Waals surface area contributed by atoms with Crippen LogP contribution in [0.25, 0.3) is 0 Å². The molecule has 0 atom stereocenters. The van der Waals surface area contributed by atoms with Gasteiger partial charge in [0.05, 0.1) is 13.0 Å². The first-order chi connectivity index (χ1) is 9.74. The first kappa shape index (κ1) is 14.5. The zero-order chi connectivity index (χ0) is 14.2. The average molecular weight is 268 g/mol. The third-order valence-electron chi connectivity index (χ3n) is 3.42. The van der Waals surface area contributed by atoms with Gasteiger partial charge in [0.1, 0.15) is 18.9 Å². The second-order valence-corrected chi connectivity index (χ2v) is 5.28. The van der Waals surface area contributed by atoms with Crippen molar-refractivity contribution in [2.45, 2.75) is 26.4 Å². The molecule has 2 aromatic carbocycles. The fraction of sp³-hybridized carbons (Fsp3) is 0.278. The highest BCUT2D eigenvalue weighted by Gasteiger charge is 2.11. The van der Waals surface area contributed by atoms with E-state index in [1.165, 1.54) is 16.0 Å². The van der Waals surface area contributed by atoms with Gasteiger partial charge in [-0.3, -0.25) is 4.79 Å². The van der Waals surface area contributed by atoms with Crippen LogP contribution in [0.2, 0.25) is 0 Å². The van der Waals surface area contributed by atoms with Crippen molar-refractivity contribution in [3.8, 4) is 0 Å². The molecule has 0 fully saturated rings. The molecule has 0 aliphatic heterocycles. The van der Waals surface area contributed by atoms with Gasteiger partial charge in [-0.2, -0.15) is 0 Å². The average Bonchev–Trinajstić information content (AvgIpc) is 2.47. The molecule has 0 unspecified atom stereocenters. The zero-order valence-corrected chi connectivity index (χ0v) is 12.0. The molecule has 0 aliphatic carbocycles. The number of Topliss-reactive ketones (excluding diaryl/α,β-unsaturated/α-hetero) is 1. The molecular weight excluding hydrogens is 246 g/mol. The molecule has 2 aromatic rings. The van der Waals surface area contributed by atoms with E-state index < -0.39 is 0 Å². The predicted octanol–water partition coefficient (Wildman–Crippen LogP) is 2.25. The highest BCUT2D eigenvalue weighted by Crippen LogP contribution is 1.99. The molecule has 2 nitrogen and oxygen atoms in total. The molecule has 2 heteroatoms. The number of quaternary nitrogens is 1. The van der Waals surface area contributed by atoms with E-state index in [-0.39, 0.29) is 5.78 Å². The van der Waals surface area contributed by atoms with Gasteiger partial charge in [-0.05, 0) is 6.92 Å². The summed E-state index contributed by atoms with van der Waals surface area (Å²) in [4.78, 5) is 12.7. The van der Waals surface area contributed by atoms with Gasteiger partial charge in [0.2, 0.25) is 0 Å². The number of nitrogens with one attached hydrogen (secondary N) is 1. The minimum absolute atomic E-state index is 0.267. The number of benzene rings is 2. The summed E-state index contributed by atoms with van der Waals surface area (Å²) in [6, 6.07) is 21.0. The van der Waals surface area contributed by atoms with Crippen molar-refractivity contribution in [3.63, 3.8) is 0 Å². The van der Waals surface area contributed by atoms with Crippen LogP contribution in [-0.2, 0) is 17.9 Å². The molecule has 0 radical (unpaired) electrons. The topological polar surface area (TPSA) is 21.5 Å². The van der Waals surface area contributed by atoms with Crippen LogP contribution in [0.5, 0.6) is 0 Å². The molecule has 0 heterocycles. The van der Waals surface area contributed by atoms with Crippen molar-refractivity contribution in [2.75, 3.05) is 6.54 Å². The molecule has 104 valence electrons. The summed E-state index contributed by atoms with van der Waals surface area (Å²) in [7, 11) is 0. The zero-order valence-electron chi connectivity index (χ0n) is 12.0. The summed E-state index contributed by atoms with van der Waals surface area (Å²) in [5.41, 5.74) is 2.64. The van der Waals surface area contributed by atoms with Gasteiger partial charge >= 0.3 is 0 Å². The van der Waals surface area contributed by atoms with E-state index in [1.54, 1.807) is 6.92 Å². The van der Waals surface area contributed by atoms with Gasteiger partial charge in [0.15, 0.2) is 0 Å². The minimum atomic E-state index is 0.267. The summed E-state index contributed by atoms with van der Waals surface area (Å²) in [6.45, 7) is 4.48. The highest BCUT2D eigenvalue weighted by molar-refractivity contribution is 5.75. The third-order valence-corrected chi connectivity index (χ3v) is 3.42. The van der Waals surface area contributed by atoms with E-state index in [4.69, 9.17) is 0 Å². The molecule has 0 aromatic heterocycles. The number of rotatable bonds is 7. The van der Waals surface area contributed by atoms with Gasteiger partial charge in [0, 0.05) is 11.1 Å². The molecule has 2 rings (SSSR count). The van der Waals surface area contributed by atoms with Gasteiger partial charge in [-0.25, -0.2) is 0 Å². The fourth-order valence-corrected chi connectivity index (χ4v) is 2.36. The van der Waals surface area contributed by atoms with Crippen molar-refractivity contribution in [3.05, 3.63) is 71.8 Å². The molecule has 0 saturated heterocycles. The summed E-state index contributed by atoms with van der Waals surface area (Å²) in [6.07, 6.45) is 0.648. The lowest BCUT2D eigenvalue weighted by molar-refractivity contribution is -0.927. The van der Waals surface area contributed by atoms with E-state index in [9.17, 15) is 4.79 Å². The highest BCUT2D eigenvalue weighted by atomic mass is 16.1. The molecular formula is C18H22NO+. The van der Waals surface area contributed by atoms with Crippen LogP contribution < -0.4 is 4.90 Å². The molecule has 0 spiro atoms. The molecule has 0 saturated carbocycles. The second kappa shape index (κ2) is 7.61. The van der Waals surface area contributed by atoms with Crippen LogP contribution in [0.1, 0.15) is 24.5 Å². The van der Waals surface area contributed by atoms with Crippen LogP contribution in [-0.4, -0.2) is 12.3 Å². The first-order valence-corrected chi connectivity index (χ1v) is 7.15. The molecule has 0 amide bonds. The normalized spacial score (nSPS) is 10.7. The van der Waals surface area contributed by atoms with Crippen LogP contribution in [0, 0.1) is 0 Å². The van der Waals surface area contributed by atoms with Crippen molar-refractivity contribution in [1.29, 1.82) is 0 Å². The Morgan fingerprint density at radius 2 is 1.30 bits per heavy atom. The lowest BCUT2D eigenvalue weighted by Crippen LogP contribution is -3.09. The van der Waals surface area contributed by atoms with Crippen LogP contribution >= 0.6 is 0 Å². The number of carbonyl (C=O) groups excluding carboxylic acids is 1. The Morgan fingerprint density at radius 1 is 0.850 bits per heavy atom. The number of hydrogen-bond donors (Lipinski definition) is 1. The van der Waals surface area contributed by atoms with Crippen molar-refractivity contribution >= 4 is 5.78 Å². The van der Waals surface area contributed by atoms with Crippen LogP contribution in [0.4, 0.5) is 0 Å². The smallest absolute Gasteiger partial charge is 0.135 e. The number of hydrogen-bond acceptors (Lipinski definition) is 1. The van der Waals surface area contributed by atoms with E-state index >= 15 is 0 Å². The van der Waals surface area contributed by atoms with Crippen LogP contribution in [0.3, 0.4) is 0 Å². The Balaban J connectivity index is 2.02. The summed E-state index contributed by atoms with van der Waals surface area (Å²) in [5, 5.41) is 0. The first-order valence-electron chi connectivity index (χ1n) is 7.15. The fourth-order valence-electron chi connectivity index (χ4n) is 2.36. The van der Waals surface area contributed by atoms with E-state index in [2.05, 4.69) is 48.5 Å². The molecule has 1 N–H and O–H groups in total. The molecule has 0 bridgehead atoms. The second-order valence-electron chi connectivity index (χ2n) is 5.28. The Labute approximate surface area is 121 Å². The standard InChI is InChI=1S/C18H21NO/c1-16(20)12-13-19(14-17-8-4-2-5-9-17)15-18-10-6-3-7-11-18/h2-11H,12-15H2,1H3/p+1. The number of ketones is 1. The van der Waals surface area contributed by atoms with Gasteiger partial charge < -0.3 is 4.90 Å². The predicted molar refractivity (Wildman–Crippen MR) is 81.4 cm³/mol. The Bertz CT molecular complexity index is 480. The largest absolute Gasteiger partial charge is 0.327 e.